The van der Waals surface area contributed by atoms with E-state index in [4.69, 9.17) is 14.5 Å². The highest BCUT2D eigenvalue weighted by Gasteiger charge is 2.34. The van der Waals surface area contributed by atoms with E-state index in [-0.39, 0.29) is 23.9 Å². The summed E-state index contributed by atoms with van der Waals surface area (Å²) in [4.78, 5) is 17.0. The Morgan fingerprint density at radius 3 is 2.54 bits per heavy atom. The van der Waals surface area contributed by atoms with Gasteiger partial charge in [-0.3, -0.25) is 4.79 Å². The van der Waals surface area contributed by atoms with E-state index in [9.17, 15) is 4.79 Å². The van der Waals surface area contributed by atoms with Crippen LogP contribution in [0.1, 0.15) is 71.0 Å². The average molecular weight is 478 g/mol. The predicted octanol–water partition coefficient (Wildman–Crippen LogP) is 6.98. The van der Waals surface area contributed by atoms with Gasteiger partial charge in [0.05, 0.1) is 30.7 Å². The second-order valence-electron chi connectivity index (χ2n) is 11.2. The van der Waals surface area contributed by atoms with Crippen LogP contribution < -0.4 is 10.1 Å². The molecule has 0 spiro atoms. The average Bonchev–Trinajstić information content (AvgIpc) is 3.10. The summed E-state index contributed by atoms with van der Waals surface area (Å²) in [5.41, 5.74) is 5.27. The van der Waals surface area contributed by atoms with Gasteiger partial charge in [-0.25, -0.2) is 4.98 Å². The molecule has 6 nitrogen and oxygen atoms in total. The lowest BCUT2D eigenvalue weighted by Gasteiger charge is -2.40. The number of carbonyl (C=O) groups excluding carboxylic acids is 1. The number of aryl methyl sites for hydroxylation is 1. The zero-order valence-corrected chi connectivity index (χ0v) is 22.1. The fourth-order valence-corrected chi connectivity index (χ4v) is 5.68. The standard InChI is InChI=1S/C29H39N3O3/c1-18(2)35-24-10-8-22(9-11-24)30-28-31-25-14-21(15-27(33)34-7)20(4)13-26(25)32(28)23-12-19(3)16-29(5,6)17-23/h8-11,13-14,18-19,23H,12,15-17H2,1-7H3,(H,30,31)/t19-,23+/m1/s1. The molecule has 0 saturated heterocycles. The lowest BCUT2D eigenvalue weighted by Crippen LogP contribution is -2.29. The van der Waals surface area contributed by atoms with E-state index >= 15 is 0 Å². The van der Waals surface area contributed by atoms with Crippen LogP contribution in [0.4, 0.5) is 11.6 Å². The molecule has 188 valence electrons. The minimum absolute atomic E-state index is 0.136. The molecule has 0 radical (unpaired) electrons. The number of esters is 1. The summed E-state index contributed by atoms with van der Waals surface area (Å²) < 4.78 is 13.1. The molecule has 2 aromatic carbocycles. The molecule has 4 rings (SSSR count). The van der Waals surface area contributed by atoms with Crippen LogP contribution in [-0.2, 0) is 16.0 Å². The van der Waals surface area contributed by atoms with Gasteiger partial charge in [-0.05, 0) is 98.9 Å². The molecule has 6 heteroatoms. The molecule has 0 aliphatic heterocycles. The fourth-order valence-electron chi connectivity index (χ4n) is 5.68. The van der Waals surface area contributed by atoms with E-state index in [2.05, 4.69) is 43.6 Å². The van der Waals surface area contributed by atoms with Crippen LogP contribution in [-0.4, -0.2) is 28.7 Å². The first-order chi connectivity index (χ1) is 16.5. The van der Waals surface area contributed by atoms with Crippen molar-refractivity contribution < 1.29 is 14.3 Å². The Hall–Kier alpha value is -3.02. The Kier molecular flexibility index (Phi) is 7.11. The molecule has 3 aromatic rings. The smallest absolute Gasteiger partial charge is 0.309 e. The van der Waals surface area contributed by atoms with Crippen molar-refractivity contribution in [3.05, 3.63) is 47.5 Å². The van der Waals surface area contributed by atoms with E-state index < -0.39 is 0 Å². The molecule has 0 bridgehead atoms. The number of imidazole rings is 1. The van der Waals surface area contributed by atoms with Crippen molar-refractivity contribution in [3.63, 3.8) is 0 Å². The van der Waals surface area contributed by atoms with Gasteiger partial charge in [0.1, 0.15) is 5.75 Å². The van der Waals surface area contributed by atoms with E-state index in [0.29, 0.717) is 12.0 Å². The quantitative estimate of drug-likeness (QED) is 0.372. The number of hydrogen-bond donors (Lipinski definition) is 1. The monoisotopic (exact) mass is 477 g/mol. The van der Waals surface area contributed by atoms with Crippen LogP contribution in [0.2, 0.25) is 0 Å². The molecule has 0 amide bonds. The molecule has 1 aliphatic rings. The van der Waals surface area contributed by atoms with Gasteiger partial charge in [0.2, 0.25) is 5.95 Å². The van der Waals surface area contributed by atoms with E-state index in [1.165, 1.54) is 13.5 Å². The molecular weight excluding hydrogens is 438 g/mol. The number of aromatic nitrogens is 2. The summed E-state index contributed by atoms with van der Waals surface area (Å²) in [6.45, 7) is 13.2. The van der Waals surface area contributed by atoms with Crippen molar-refractivity contribution >= 4 is 28.6 Å². The van der Waals surface area contributed by atoms with Crippen molar-refractivity contribution in [2.24, 2.45) is 11.3 Å². The highest BCUT2D eigenvalue weighted by Crippen LogP contribution is 2.46. The topological polar surface area (TPSA) is 65.4 Å². The van der Waals surface area contributed by atoms with Gasteiger partial charge in [-0.15, -0.1) is 0 Å². The number of rotatable bonds is 7. The number of methoxy groups -OCH3 is 1. The summed E-state index contributed by atoms with van der Waals surface area (Å²) >= 11 is 0. The highest BCUT2D eigenvalue weighted by atomic mass is 16.5. The number of benzene rings is 2. The third-order valence-electron chi connectivity index (χ3n) is 6.92. The molecule has 1 heterocycles. The minimum Gasteiger partial charge on any atom is -0.491 e. The number of fused-ring (bicyclic) bond motifs is 1. The van der Waals surface area contributed by atoms with E-state index in [1.807, 2.05) is 44.2 Å². The van der Waals surface area contributed by atoms with Gasteiger partial charge < -0.3 is 19.4 Å². The maximum Gasteiger partial charge on any atom is 0.309 e. The second-order valence-corrected chi connectivity index (χ2v) is 11.2. The number of ether oxygens (including phenoxy) is 2. The third kappa shape index (κ3) is 5.80. The first kappa shape index (κ1) is 25.1. The molecule has 0 unspecified atom stereocenters. The molecule has 1 fully saturated rings. The van der Waals surface area contributed by atoms with Crippen molar-refractivity contribution in [1.82, 2.24) is 9.55 Å². The third-order valence-corrected chi connectivity index (χ3v) is 6.92. The Morgan fingerprint density at radius 2 is 1.91 bits per heavy atom. The van der Waals surface area contributed by atoms with Crippen LogP contribution in [0.5, 0.6) is 5.75 Å². The van der Waals surface area contributed by atoms with Gasteiger partial charge in [0.25, 0.3) is 0 Å². The molecular formula is C29H39N3O3. The van der Waals surface area contributed by atoms with Crippen molar-refractivity contribution in [2.75, 3.05) is 12.4 Å². The zero-order valence-electron chi connectivity index (χ0n) is 22.1. The maximum atomic E-state index is 12.0. The van der Waals surface area contributed by atoms with Gasteiger partial charge in [-0.2, -0.15) is 0 Å². The number of nitrogens with zero attached hydrogens (tertiary/aromatic N) is 2. The lowest BCUT2D eigenvalue weighted by molar-refractivity contribution is -0.139. The SMILES string of the molecule is COC(=O)Cc1cc2nc(Nc3ccc(OC(C)C)cc3)n([C@H]3C[C@@H](C)CC(C)(C)C3)c2cc1C. The summed E-state index contributed by atoms with van der Waals surface area (Å²) in [7, 11) is 1.43. The largest absolute Gasteiger partial charge is 0.491 e. The number of nitrogens with one attached hydrogen (secondary N) is 1. The van der Waals surface area contributed by atoms with Crippen molar-refractivity contribution in [2.45, 2.75) is 79.4 Å². The van der Waals surface area contributed by atoms with Gasteiger partial charge in [0, 0.05) is 11.7 Å². The number of hydrogen-bond acceptors (Lipinski definition) is 5. The number of anilines is 2. The van der Waals surface area contributed by atoms with Crippen LogP contribution in [0.15, 0.2) is 36.4 Å². The van der Waals surface area contributed by atoms with Crippen LogP contribution in [0.3, 0.4) is 0 Å². The fraction of sp³-hybridized carbons (Fsp3) is 0.517. The van der Waals surface area contributed by atoms with Gasteiger partial charge in [0.15, 0.2) is 0 Å². The second kappa shape index (κ2) is 9.92. The van der Waals surface area contributed by atoms with Crippen LogP contribution in [0, 0.1) is 18.3 Å². The molecule has 1 aromatic heterocycles. The predicted molar refractivity (Wildman–Crippen MR) is 142 cm³/mol. The highest BCUT2D eigenvalue weighted by molar-refractivity contribution is 5.83. The Morgan fingerprint density at radius 1 is 1.20 bits per heavy atom. The molecule has 1 aliphatic carbocycles. The first-order valence-electron chi connectivity index (χ1n) is 12.7. The zero-order chi connectivity index (χ0) is 25.3. The maximum absolute atomic E-state index is 12.0. The van der Waals surface area contributed by atoms with Gasteiger partial charge >= 0.3 is 5.97 Å². The molecule has 35 heavy (non-hydrogen) atoms. The summed E-state index contributed by atoms with van der Waals surface area (Å²) in [6, 6.07) is 12.6. The number of carbonyl (C=O) groups is 1. The first-order valence-corrected chi connectivity index (χ1v) is 12.7. The Bertz CT molecular complexity index is 1190. The Labute approximate surface area is 209 Å². The minimum atomic E-state index is -0.239. The van der Waals surface area contributed by atoms with Crippen molar-refractivity contribution in [1.29, 1.82) is 0 Å². The van der Waals surface area contributed by atoms with Crippen molar-refractivity contribution in [3.8, 4) is 5.75 Å². The molecule has 1 saturated carbocycles. The lowest BCUT2D eigenvalue weighted by atomic mass is 9.70. The summed E-state index contributed by atoms with van der Waals surface area (Å²) in [5, 5.41) is 3.58. The summed E-state index contributed by atoms with van der Waals surface area (Å²) in [5.74, 6) is 2.09. The van der Waals surface area contributed by atoms with E-state index in [0.717, 1.165) is 52.4 Å². The molecule has 2 atom stereocenters. The van der Waals surface area contributed by atoms with Gasteiger partial charge in [-0.1, -0.05) is 20.8 Å². The van der Waals surface area contributed by atoms with Crippen LogP contribution >= 0.6 is 0 Å². The normalized spacial score (nSPS) is 19.7. The molecule has 1 N–H and O–H groups in total. The summed E-state index contributed by atoms with van der Waals surface area (Å²) in [6.07, 6.45) is 3.84. The van der Waals surface area contributed by atoms with Crippen LogP contribution in [0.25, 0.3) is 11.0 Å². The Balaban J connectivity index is 1.76. The van der Waals surface area contributed by atoms with E-state index in [1.54, 1.807) is 0 Å².